The van der Waals surface area contributed by atoms with Crippen LogP contribution >= 0.6 is 0 Å². The predicted octanol–water partition coefficient (Wildman–Crippen LogP) is 0.667. The Balaban J connectivity index is 2.90. The number of nitrogens with zero attached hydrogens (tertiary/aromatic N) is 2. The van der Waals surface area contributed by atoms with Crippen LogP contribution in [0.15, 0.2) is 6.20 Å². The van der Waals surface area contributed by atoms with Gasteiger partial charge in [0, 0.05) is 11.8 Å². The van der Waals surface area contributed by atoms with Gasteiger partial charge >= 0.3 is 5.97 Å². The molecule has 0 amide bonds. The average Bonchev–Trinajstić information content (AvgIpc) is 2.10. The number of hydrogen-bond acceptors (Lipinski definition) is 5. The van der Waals surface area contributed by atoms with Gasteiger partial charge in [-0.1, -0.05) is 0 Å². The van der Waals surface area contributed by atoms with Crippen molar-refractivity contribution in [3.63, 3.8) is 0 Å². The monoisotopic (exact) mass is 182 g/mol. The van der Waals surface area contributed by atoms with Crippen LogP contribution in [0, 0.1) is 6.92 Å². The van der Waals surface area contributed by atoms with Gasteiger partial charge in [-0.15, -0.1) is 0 Å². The third-order valence-corrected chi connectivity index (χ3v) is 1.40. The van der Waals surface area contributed by atoms with E-state index in [0.29, 0.717) is 5.56 Å². The van der Waals surface area contributed by atoms with E-state index in [1.54, 1.807) is 13.8 Å². The molecule has 5 nitrogen and oxygen atoms in total. The van der Waals surface area contributed by atoms with Crippen molar-refractivity contribution in [1.29, 1.82) is 0 Å². The van der Waals surface area contributed by atoms with E-state index in [9.17, 15) is 4.79 Å². The molecule has 0 bridgehead atoms. The number of aromatic hydroxyl groups is 1. The highest BCUT2D eigenvalue weighted by Crippen LogP contribution is 2.10. The van der Waals surface area contributed by atoms with E-state index < -0.39 is 5.97 Å². The fraction of sp³-hybridized carbons (Fsp3) is 0.375. The van der Waals surface area contributed by atoms with E-state index in [-0.39, 0.29) is 18.3 Å². The summed E-state index contributed by atoms with van der Waals surface area (Å²) in [6, 6.07) is 0. The predicted molar refractivity (Wildman–Crippen MR) is 44.4 cm³/mol. The maximum atomic E-state index is 11.0. The molecule has 1 rings (SSSR count). The summed E-state index contributed by atoms with van der Waals surface area (Å²) in [5.41, 5.74) is 0.521. The SMILES string of the molecule is CCOC(=O)c1ncc(C)c(O)n1. The smallest absolute Gasteiger partial charge is 0.376 e. The zero-order chi connectivity index (χ0) is 9.84. The Hall–Kier alpha value is -1.65. The van der Waals surface area contributed by atoms with Gasteiger partial charge in [-0.2, -0.15) is 4.98 Å². The molecular weight excluding hydrogens is 172 g/mol. The molecule has 1 N–H and O–H groups in total. The highest BCUT2D eigenvalue weighted by molar-refractivity contribution is 5.85. The fourth-order valence-electron chi connectivity index (χ4n) is 0.727. The van der Waals surface area contributed by atoms with Crippen molar-refractivity contribution in [2.75, 3.05) is 6.61 Å². The molecule has 0 aliphatic rings. The van der Waals surface area contributed by atoms with E-state index in [0.717, 1.165) is 0 Å². The van der Waals surface area contributed by atoms with Crippen LogP contribution in [0.5, 0.6) is 5.88 Å². The van der Waals surface area contributed by atoms with Crippen LogP contribution in [0.4, 0.5) is 0 Å². The fourth-order valence-corrected chi connectivity index (χ4v) is 0.727. The van der Waals surface area contributed by atoms with E-state index in [1.165, 1.54) is 6.20 Å². The number of esters is 1. The van der Waals surface area contributed by atoms with Crippen LogP contribution in [0.1, 0.15) is 23.1 Å². The van der Waals surface area contributed by atoms with E-state index in [4.69, 9.17) is 5.11 Å². The minimum atomic E-state index is -0.627. The number of ether oxygens (including phenoxy) is 1. The van der Waals surface area contributed by atoms with Crippen molar-refractivity contribution in [3.8, 4) is 5.88 Å². The zero-order valence-corrected chi connectivity index (χ0v) is 7.44. The first-order valence-corrected chi connectivity index (χ1v) is 3.85. The van der Waals surface area contributed by atoms with Crippen molar-refractivity contribution in [1.82, 2.24) is 9.97 Å². The topological polar surface area (TPSA) is 72.3 Å². The van der Waals surface area contributed by atoms with Gasteiger partial charge in [-0.25, -0.2) is 9.78 Å². The molecule has 0 spiro atoms. The summed E-state index contributed by atoms with van der Waals surface area (Å²) in [5, 5.41) is 9.16. The van der Waals surface area contributed by atoms with Crippen molar-refractivity contribution in [2.24, 2.45) is 0 Å². The Morgan fingerprint density at radius 3 is 2.92 bits per heavy atom. The molecule has 0 saturated heterocycles. The molecule has 0 aliphatic carbocycles. The number of carbonyl (C=O) groups is 1. The Morgan fingerprint density at radius 2 is 2.38 bits per heavy atom. The van der Waals surface area contributed by atoms with Crippen LogP contribution < -0.4 is 0 Å². The number of aryl methyl sites for hydroxylation is 1. The van der Waals surface area contributed by atoms with Crippen LogP contribution in [0.25, 0.3) is 0 Å². The lowest BCUT2D eigenvalue weighted by Crippen LogP contribution is -2.09. The summed E-state index contributed by atoms with van der Waals surface area (Å²) >= 11 is 0. The molecule has 0 radical (unpaired) electrons. The molecule has 13 heavy (non-hydrogen) atoms. The summed E-state index contributed by atoms with van der Waals surface area (Å²) in [7, 11) is 0. The molecular formula is C8H10N2O3. The number of carbonyl (C=O) groups excluding carboxylic acids is 1. The molecule has 0 atom stereocenters. The van der Waals surface area contributed by atoms with Gasteiger partial charge in [0.25, 0.3) is 0 Å². The summed E-state index contributed by atoms with van der Waals surface area (Å²) in [4.78, 5) is 18.3. The van der Waals surface area contributed by atoms with Crippen molar-refractivity contribution >= 4 is 5.97 Å². The molecule has 0 saturated carbocycles. The van der Waals surface area contributed by atoms with E-state index >= 15 is 0 Å². The molecule has 1 aromatic rings. The van der Waals surface area contributed by atoms with Gasteiger partial charge in [-0.05, 0) is 13.8 Å². The Kier molecular flexibility index (Phi) is 2.79. The number of aromatic nitrogens is 2. The summed E-state index contributed by atoms with van der Waals surface area (Å²) in [5.74, 6) is -0.944. The second-order valence-corrected chi connectivity index (χ2v) is 2.42. The maximum absolute atomic E-state index is 11.0. The molecule has 0 aliphatic heterocycles. The van der Waals surface area contributed by atoms with Crippen molar-refractivity contribution in [2.45, 2.75) is 13.8 Å². The van der Waals surface area contributed by atoms with Gasteiger partial charge in [0.15, 0.2) is 0 Å². The summed E-state index contributed by atoms with van der Waals surface area (Å²) in [6.45, 7) is 3.59. The second-order valence-electron chi connectivity index (χ2n) is 2.42. The van der Waals surface area contributed by atoms with Gasteiger partial charge in [0.1, 0.15) is 0 Å². The van der Waals surface area contributed by atoms with Crippen LogP contribution in [-0.2, 0) is 4.74 Å². The molecule has 5 heteroatoms. The van der Waals surface area contributed by atoms with E-state index in [2.05, 4.69) is 14.7 Å². The lowest BCUT2D eigenvalue weighted by atomic mass is 10.4. The summed E-state index contributed by atoms with van der Waals surface area (Å²) < 4.78 is 4.65. The molecule has 1 heterocycles. The highest BCUT2D eigenvalue weighted by Gasteiger charge is 2.11. The average molecular weight is 182 g/mol. The molecule has 1 aromatic heterocycles. The van der Waals surface area contributed by atoms with E-state index in [1.807, 2.05) is 0 Å². The second kappa shape index (κ2) is 3.84. The van der Waals surface area contributed by atoms with Gasteiger partial charge in [0.2, 0.25) is 11.7 Å². The Morgan fingerprint density at radius 1 is 1.69 bits per heavy atom. The Labute approximate surface area is 75.4 Å². The molecule has 70 valence electrons. The quantitative estimate of drug-likeness (QED) is 0.680. The first-order valence-electron chi connectivity index (χ1n) is 3.85. The number of rotatable bonds is 2. The number of hydrogen-bond donors (Lipinski definition) is 1. The van der Waals surface area contributed by atoms with Crippen LogP contribution in [-0.4, -0.2) is 27.7 Å². The molecule has 0 unspecified atom stereocenters. The summed E-state index contributed by atoms with van der Waals surface area (Å²) in [6.07, 6.45) is 1.37. The minimum absolute atomic E-state index is 0.120. The largest absolute Gasteiger partial charge is 0.493 e. The third-order valence-electron chi connectivity index (χ3n) is 1.40. The first kappa shape index (κ1) is 9.44. The third kappa shape index (κ3) is 2.14. The molecule has 0 aromatic carbocycles. The van der Waals surface area contributed by atoms with Crippen LogP contribution in [0.3, 0.4) is 0 Å². The highest BCUT2D eigenvalue weighted by atomic mass is 16.5. The standard InChI is InChI=1S/C8H10N2O3/c1-3-13-8(12)6-9-4-5(2)7(11)10-6/h4H,3H2,1-2H3,(H,9,10,11). The van der Waals surface area contributed by atoms with Crippen molar-refractivity contribution in [3.05, 3.63) is 17.6 Å². The maximum Gasteiger partial charge on any atom is 0.376 e. The van der Waals surface area contributed by atoms with Gasteiger partial charge in [-0.3, -0.25) is 0 Å². The first-order chi connectivity index (χ1) is 6.15. The van der Waals surface area contributed by atoms with Crippen LogP contribution in [0.2, 0.25) is 0 Å². The lowest BCUT2D eigenvalue weighted by Gasteiger charge is -2.01. The van der Waals surface area contributed by atoms with Gasteiger partial charge in [0.05, 0.1) is 6.61 Å². The molecule has 0 fully saturated rings. The Bertz CT molecular complexity index is 325. The minimum Gasteiger partial charge on any atom is -0.493 e. The normalized spacial score (nSPS) is 9.69. The van der Waals surface area contributed by atoms with Gasteiger partial charge < -0.3 is 9.84 Å². The van der Waals surface area contributed by atoms with Crippen molar-refractivity contribution < 1.29 is 14.6 Å². The zero-order valence-electron chi connectivity index (χ0n) is 7.44. The lowest BCUT2D eigenvalue weighted by molar-refractivity contribution is 0.0510.